The second kappa shape index (κ2) is 5.64. The third-order valence-corrected chi connectivity index (χ3v) is 3.44. The van der Waals surface area contributed by atoms with Gasteiger partial charge in [0.2, 0.25) is 0 Å². The van der Waals surface area contributed by atoms with E-state index in [9.17, 15) is 4.79 Å². The molecule has 3 nitrogen and oxygen atoms in total. The summed E-state index contributed by atoms with van der Waals surface area (Å²) in [6.45, 7) is 6.70. The molecular weight excluding hydrogens is 244 g/mol. The zero-order chi connectivity index (χ0) is 12.2. The van der Waals surface area contributed by atoms with E-state index in [0.29, 0.717) is 17.3 Å². The molecule has 0 aromatic carbocycles. The van der Waals surface area contributed by atoms with Crippen LogP contribution in [0.5, 0.6) is 0 Å². The van der Waals surface area contributed by atoms with Gasteiger partial charge in [-0.1, -0.05) is 13.8 Å². The molecule has 90 valence electrons. The first-order chi connectivity index (χ1) is 7.44. The molecule has 0 fully saturated rings. The fraction of sp³-hybridized carbons (Fsp3) is 0.636. The molecule has 0 saturated heterocycles. The highest BCUT2D eigenvalue weighted by molar-refractivity contribution is 7.13. The Kier molecular flexibility index (Phi) is 4.74. The molecule has 1 heterocycles. The van der Waals surface area contributed by atoms with Crippen molar-refractivity contribution in [3.8, 4) is 0 Å². The number of thiazole rings is 1. The van der Waals surface area contributed by atoms with Crippen LogP contribution < -0.4 is 5.32 Å². The Balaban J connectivity index is 2.47. The van der Waals surface area contributed by atoms with Gasteiger partial charge in [0.15, 0.2) is 0 Å². The number of halogens is 1. The fourth-order valence-corrected chi connectivity index (χ4v) is 2.42. The van der Waals surface area contributed by atoms with Crippen molar-refractivity contribution < 1.29 is 4.79 Å². The van der Waals surface area contributed by atoms with Crippen molar-refractivity contribution in [2.45, 2.75) is 27.2 Å². The summed E-state index contributed by atoms with van der Waals surface area (Å²) in [5.74, 6) is 0.566. The first kappa shape index (κ1) is 13.5. The van der Waals surface area contributed by atoms with Crippen LogP contribution in [0.15, 0.2) is 6.20 Å². The zero-order valence-corrected chi connectivity index (χ0v) is 11.4. The maximum atomic E-state index is 11.7. The molecule has 0 saturated carbocycles. The number of carbonyl (C=O) groups is 1. The first-order valence-corrected chi connectivity index (χ1v) is 6.56. The molecular formula is C11H17ClN2OS. The number of rotatable bonds is 5. The number of amides is 1. The van der Waals surface area contributed by atoms with E-state index in [2.05, 4.69) is 24.1 Å². The molecule has 0 aliphatic carbocycles. The van der Waals surface area contributed by atoms with Crippen LogP contribution in [0.2, 0.25) is 0 Å². The first-order valence-electron chi connectivity index (χ1n) is 5.21. The van der Waals surface area contributed by atoms with E-state index in [1.807, 2.05) is 6.92 Å². The number of aromatic nitrogens is 1. The lowest BCUT2D eigenvalue weighted by Crippen LogP contribution is -2.33. The molecule has 16 heavy (non-hydrogen) atoms. The van der Waals surface area contributed by atoms with Gasteiger partial charge in [0.05, 0.1) is 11.2 Å². The van der Waals surface area contributed by atoms with E-state index in [-0.39, 0.29) is 11.3 Å². The lowest BCUT2D eigenvalue weighted by Gasteiger charge is -2.23. The highest BCUT2D eigenvalue weighted by Crippen LogP contribution is 2.20. The van der Waals surface area contributed by atoms with Crippen LogP contribution in [0.3, 0.4) is 0 Å². The molecule has 1 N–H and O–H groups in total. The number of hydrogen-bond acceptors (Lipinski definition) is 3. The monoisotopic (exact) mass is 260 g/mol. The molecule has 0 bridgehead atoms. The van der Waals surface area contributed by atoms with Crippen LogP contribution in [-0.4, -0.2) is 23.3 Å². The van der Waals surface area contributed by atoms with Crippen molar-refractivity contribution in [1.82, 2.24) is 10.3 Å². The summed E-state index contributed by atoms with van der Waals surface area (Å²) in [5.41, 5.74) is 0.0388. The highest BCUT2D eigenvalue weighted by Gasteiger charge is 2.19. The second-order valence-corrected chi connectivity index (χ2v) is 6.14. The Labute approximate surface area is 105 Å². The molecule has 1 aromatic heterocycles. The van der Waals surface area contributed by atoms with Crippen molar-refractivity contribution in [3.63, 3.8) is 0 Å². The topological polar surface area (TPSA) is 42.0 Å². The van der Waals surface area contributed by atoms with Gasteiger partial charge < -0.3 is 5.32 Å². The molecule has 5 heteroatoms. The van der Waals surface area contributed by atoms with Crippen LogP contribution in [0.1, 0.15) is 34.9 Å². The lowest BCUT2D eigenvalue weighted by atomic mass is 9.90. The van der Waals surface area contributed by atoms with E-state index in [0.717, 1.165) is 11.4 Å². The van der Waals surface area contributed by atoms with Crippen molar-refractivity contribution >= 4 is 28.8 Å². The Morgan fingerprint density at radius 2 is 2.31 bits per heavy atom. The predicted octanol–water partition coefficient (Wildman–Crippen LogP) is 2.84. The minimum absolute atomic E-state index is 0.0388. The third-order valence-electron chi connectivity index (χ3n) is 2.34. The molecule has 1 amide bonds. The fourth-order valence-electron chi connectivity index (χ4n) is 1.22. The number of nitrogens with zero attached hydrogens (tertiary/aromatic N) is 1. The van der Waals surface area contributed by atoms with Crippen LogP contribution in [0, 0.1) is 12.3 Å². The maximum absolute atomic E-state index is 11.7. The van der Waals surface area contributed by atoms with Crippen molar-refractivity contribution in [2.24, 2.45) is 5.41 Å². The average Bonchev–Trinajstić information content (AvgIpc) is 2.61. The van der Waals surface area contributed by atoms with Crippen molar-refractivity contribution in [2.75, 3.05) is 12.4 Å². The number of aryl methyl sites for hydroxylation is 1. The molecule has 1 rings (SSSR count). The quantitative estimate of drug-likeness (QED) is 0.828. The standard InChI is InChI=1S/C11H17ClN2OS/c1-8-13-6-9(16-8)10(15)14-7-11(2,3)4-5-12/h6H,4-5,7H2,1-3H3,(H,14,15). The summed E-state index contributed by atoms with van der Waals surface area (Å²) >= 11 is 7.11. The van der Waals surface area contributed by atoms with Gasteiger partial charge in [-0.05, 0) is 18.8 Å². The van der Waals surface area contributed by atoms with Gasteiger partial charge in [-0.15, -0.1) is 22.9 Å². The van der Waals surface area contributed by atoms with Crippen LogP contribution >= 0.6 is 22.9 Å². The summed E-state index contributed by atoms with van der Waals surface area (Å²) in [6.07, 6.45) is 2.50. The van der Waals surface area contributed by atoms with Crippen LogP contribution in [0.25, 0.3) is 0 Å². The Morgan fingerprint density at radius 3 is 2.81 bits per heavy atom. The van der Waals surface area contributed by atoms with Gasteiger partial charge >= 0.3 is 0 Å². The summed E-state index contributed by atoms with van der Waals surface area (Å²) in [5, 5.41) is 3.82. The van der Waals surface area contributed by atoms with E-state index in [1.165, 1.54) is 11.3 Å². The number of carbonyl (C=O) groups excluding carboxylic acids is 1. The Morgan fingerprint density at radius 1 is 1.62 bits per heavy atom. The Bertz CT molecular complexity index is 363. The minimum atomic E-state index is -0.0479. The summed E-state index contributed by atoms with van der Waals surface area (Å²) in [4.78, 5) is 16.5. The zero-order valence-electron chi connectivity index (χ0n) is 9.84. The molecule has 1 aromatic rings. The lowest BCUT2D eigenvalue weighted by molar-refractivity contribution is 0.0939. The van der Waals surface area contributed by atoms with Gasteiger partial charge in [0.1, 0.15) is 4.88 Å². The predicted molar refractivity (Wildman–Crippen MR) is 68.3 cm³/mol. The molecule has 0 unspecified atom stereocenters. The SMILES string of the molecule is Cc1ncc(C(=O)NCC(C)(C)CCCl)s1. The van der Waals surface area contributed by atoms with E-state index in [1.54, 1.807) is 6.20 Å². The van der Waals surface area contributed by atoms with Crippen LogP contribution in [-0.2, 0) is 0 Å². The highest BCUT2D eigenvalue weighted by atomic mass is 35.5. The van der Waals surface area contributed by atoms with E-state index < -0.39 is 0 Å². The third kappa shape index (κ3) is 4.10. The van der Waals surface area contributed by atoms with Gasteiger partial charge in [-0.3, -0.25) is 4.79 Å². The number of hydrogen-bond donors (Lipinski definition) is 1. The average molecular weight is 261 g/mol. The number of alkyl halides is 1. The van der Waals surface area contributed by atoms with Crippen molar-refractivity contribution in [1.29, 1.82) is 0 Å². The minimum Gasteiger partial charge on any atom is -0.351 e. The van der Waals surface area contributed by atoms with Gasteiger partial charge in [0.25, 0.3) is 5.91 Å². The molecule has 0 radical (unpaired) electrons. The number of nitrogens with one attached hydrogen (secondary N) is 1. The van der Waals surface area contributed by atoms with E-state index in [4.69, 9.17) is 11.6 Å². The summed E-state index contributed by atoms with van der Waals surface area (Å²) in [6, 6.07) is 0. The largest absolute Gasteiger partial charge is 0.351 e. The van der Waals surface area contributed by atoms with E-state index >= 15 is 0 Å². The Hall–Kier alpha value is -0.610. The second-order valence-electron chi connectivity index (χ2n) is 4.53. The van der Waals surface area contributed by atoms with Gasteiger partial charge in [-0.25, -0.2) is 4.98 Å². The summed E-state index contributed by atoms with van der Waals surface area (Å²) < 4.78 is 0. The van der Waals surface area contributed by atoms with Crippen molar-refractivity contribution in [3.05, 3.63) is 16.1 Å². The normalized spacial score (nSPS) is 11.5. The molecule has 0 aliphatic rings. The van der Waals surface area contributed by atoms with Crippen LogP contribution in [0.4, 0.5) is 0 Å². The molecule has 0 spiro atoms. The summed E-state index contributed by atoms with van der Waals surface area (Å²) in [7, 11) is 0. The molecule has 0 aliphatic heterocycles. The molecule has 0 atom stereocenters. The smallest absolute Gasteiger partial charge is 0.263 e. The maximum Gasteiger partial charge on any atom is 0.263 e. The van der Waals surface area contributed by atoms with Gasteiger partial charge in [-0.2, -0.15) is 0 Å². The van der Waals surface area contributed by atoms with Gasteiger partial charge in [0, 0.05) is 12.4 Å².